The summed E-state index contributed by atoms with van der Waals surface area (Å²) in [7, 11) is 1.62. The first-order valence-corrected chi connectivity index (χ1v) is 8.28. The Bertz CT molecular complexity index is 584. The van der Waals surface area contributed by atoms with Crippen LogP contribution in [0, 0.1) is 0 Å². The van der Waals surface area contributed by atoms with Gasteiger partial charge >= 0.3 is 0 Å². The minimum atomic E-state index is -0.334. The van der Waals surface area contributed by atoms with Crippen molar-refractivity contribution in [2.24, 2.45) is 0 Å². The zero-order chi connectivity index (χ0) is 16.2. The van der Waals surface area contributed by atoms with Crippen molar-refractivity contribution < 1.29 is 9.59 Å². The molecular formula is C17H24N4O2. The van der Waals surface area contributed by atoms with Crippen molar-refractivity contribution in [3.05, 3.63) is 29.8 Å². The van der Waals surface area contributed by atoms with Crippen molar-refractivity contribution in [2.75, 3.05) is 44.7 Å². The van der Waals surface area contributed by atoms with Gasteiger partial charge in [0.05, 0.1) is 0 Å². The van der Waals surface area contributed by atoms with Gasteiger partial charge in [0.2, 0.25) is 5.91 Å². The quantitative estimate of drug-likeness (QED) is 0.850. The monoisotopic (exact) mass is 316 g/mol. The molecule has 23 heavy (non-hydrogen) atoms. The highest BCUT2D eigenvalue weighted by Gasteiger charge is 2.28. The maximum absolute atomic E-state index is 12.8. The normalized spacial score (nSPS) is 21.3. The molecule has 124 valence electrons. The van der Waals surface area contributed by atoms with Crippen molar-refractivity contribution in [1.29, 1.82) is 0 Å². The average Bonchev–Trinajstić information content (AvgIpc) is 3.15. The van der Waals surface area contributed by atoms with E-state index >= 15 is 0 Å². The lowest BCUT2D eigenvalue weighted by molar-refractivity contribution is -0.123. The van der Waals surface area contributed by atoms with Gasteiger partial charge in [-0.15, -0.1) is 0 Å². The molecule has 0 radical (unpaired) electrons. The Morgan fingerprint density at radius 3 is 2.74 bits per heavy atom. The summed E-state index contributed by atoms with van der Waals surface area (Å²) in [6.45, 7) is 3.79. The highest BCUT2D eigenvalue weighted by Crippen LogP contribution is 2.22. The van der Waals surface area contributed by atoms with Crippen molar-refractivity contribution in [1.82, 2.24) is 15.5 Å². The molecule has 1 aromatic rings. The third-order valence-corrected chi connectivity index (χ3v) is 4.59. The molecule has 1 aromatic carbocycles. The van der Waals surface area contributed by atoms with Gasteiger partial charge in [0, 0.05) is 51.0 Å². The van der Waals surface area contributed by atoms with Gasteiger partial charge < -0.3 is 20.4 Å². The third-order valence-electron chi connectivity index (χ3n) is 4.59. The van der Waals surface area contributed by atoms with E-state index in [2.05, 4.69) is 21.6 Å². The maximum Gasteiger partial charge on any atom is 0.254 e. The van der Waals surface area contributed by atoms with Crippen LogP contribution in [0.4, 0.5) is 5.69 Å². The van der Waals surface area contributed by atoms with E-state index in [9.17, 15) is 9.59 Å². The molecule has 2 aliphatic rings. The number of amides is 2. The van der Waals surface area contributed by atoms with Gasteiger partial charge in [0.15, 0.2) is 0 Å². The van der Waals surface area contributed by atoms with Gasteiger partial charge in [-0.1, -0.05) is 6.07 Å². The summed E-state index contributed by atoms with van der Waals surface area (Å²) in [6, 6.07) is 7.51. The molecule has 6 heteroatoms. The van der Waals surface area contributed by atoms with Gasteiger partial charge in [0.1, 0.15) is 6.04 Å². The summed E-state index contributed by atoms with van der Waals surface area (Å²) in [5.41, 5.74) is 1.82. The summed E-state index contributed by atoms with van der Waals surface area (Å²) in [4.78, 5) is 28.6. The van der Waals surface area contributed by atoms with Crippen LogP contribution in [-0.4, -0.2) is 62.5 Å². The van der Waals surface area contributed by atoms with Crippen molar-refractivity contribution >= 4 is 17.5 Å². The van der Waals surface area contributed by atoms with Crippen LogP contribution in [0.15, 0.2) is 24.3 Å². The van der Waals surface area contributed by atoms with Gasteiger partial charge in [-0.3, -0.25) is 9.59 Å². The number of hydrogen-bond acceptors (Lipinski definition) is 4. The first-order valence-electron chi connectivity index (χ1n) is 8.28. The van der Waals surface area contributed by atoms with Gasteiger partial charge in [0.25, 0.3) is 5.91 Å². The molecule has 3 rings (SSSR count). The number of carbonyl (C=O) groups is 2. The van der Waals surface area contributed by atoms with Gasteiger partial charge in [-0.25, -0.2) is 0 Å². The zero-order valence-electron chi connectivity index (χ0n) is 13.5. The van der Waals surface area contributed by atoms with Crippen molar-refractivity contribution in [2.45, 2.75) is 18.9 Å². The van der Waals surface area contributed by atoms with Gasteiger partial charge in [-0.2, -0.15) is 0 Å². The number of rotatable bonds is 3. The number of benzene rings is 1. The first kappa shape index (κ1) is 15.8. The number of nitrogens with one attached hydrogen (secondary N) is 2. The van der Waals surface area contributed by atoms with E-state index in [4.69, 9.17) is 0 Å². The molecule has 2 saturated heterocycles. The van der Waals surface area contributed by atoms with Crippen LogP contribution < -0.4 is 15.5 Å². The number of carbonyl (C=O) groups excluding carboxylic acids is 2. The molecule has 2 aliphatic heterocycles. The van der Waals surface area contributed by atoms with E-state index in [0.29, 0.717) is 25.2 Å². The second-order valence-electron chi connectivity index (χ2n) is 6.12. The predicted molar refractivity (Wildman–Crippen MR) is 89.6 cm³/mol. The maximum atomic E-state index is 12.8. The average molecular weight is 316 g/mol. The highest BCUT2D eigenvalue weighted by atomic mass is 16.2. The van der Waals surface area contributed by atoms with E-state index in [1.807, 2.05) is 18.2 Å². The van der Waals surface area contributed by atoms with Crippen LogP contribution in [-0.2, 0) is 4.79 Å². The highest BCUT2D eigenvalue weighted by molar-refractivity contribution is 5.96. The molecule has 0 unspecified atom stereocenters. The molecule has 0 saturated carbocycles. The molecule has 0 aromatic heterocycles. The van der Waals surface area contributed by atoms with E-state index < -0.39 is 0 Å². The number of hydrogen-bond donors (Lipinski definition) is 2. The molecule has 0 bridgehead atoms. The van der Waals surface area contributed by atoms with Crippen LogP contribution in [0.5, 0.6) is 0 Å². The van der Waals surface area contributed by atoms with Gasteiger partial charge in [-0.05, 0) is 31.0 Å². The molecular weight excluding hydrogens is 292 g/mol. The molecule has 0 aliphatic carbocycles. The Morgan fingerprint density at radius 1 is 1.22 bits per heavy atom. The second kappa shape index (κ2) is 7.00. The Labute approximate surface area is 136 Å². The fourth-order valence-corrected chi connectivity index (χ4v) is 3.28. The smallest absolute Gasteiger partial charge is 0.254 e. The summed E-state index contributed by atoms with van der Waals surface area (Å²) < 4.78 is 0. The topological polar surface area (TPSA) is 64.7 Å². The number of likely N-dealkylation sites (N-methyl/N-ethyl adjacent to an activating group) is 1. The Hall–Kier alpha value is -2.08. The zero-order valence-corrected chi connectivity index (χ0v) is 13.5. The van der Waals surface area contributed by atoms with E-state index in [0.717, 1.165) is 18.8 Å². The summed E-state index contributed by atoms with van der Waals surface area (Å²) in [6.07, 6.45) is 2.42. The Balaban J connectivity index is 1.72. The lowest BCUT2D eigenvalue weighted by Gasteiger charge is -2.33. The van der Waals surface area contributed by atoms with Crippen LogP contribution in [0.2, 0.25) is 0 Å². The Morgan fingerprint density at radius 2 is 2.00 bits per heavy atom. The molecule has 1 atom stereocenters. The Kier molecular flexibility index (Phi) is 4.81. The van der Waals surface area contributed by atoms with E-state index in [1.165, 1.54) is 12.8 Å². The summed E-state index contributed by atoms with van der Waals surface area (Å²) >= 11 is 0. The minimum Gasteiger partial charge on any atom is -0.372 e. The lowest BCUT2D eigenvalue weighted by atomic mass is 10.1. The third kappa shape index (κ3) is 3.47. The number of piperazine rings is 1. The van der Waals surface area contributed by atoms with Crippen LogP contribution in [0.1, 0.15) is 23.2 Å². The molecule has 2 amide bonds. The van der Waals surface area contributed by atoms with Crippen molar-refractivity contribution in [3.63, 3.8) is 0 Å². The standard InChI is InChI=1S/C17H24N4O2/c1-18-16(22)15-12-21(10-7-19-15)17(23)13-5-4-6-14(11-13)20-8-2-3-9-20/h4-6,11,15,19H,2-3,7-10,12H2,1H3,(H,18,22)/t15-/m1/s1. The summed E-state index contributed by atoms with van der Waals surface area (Å²) in [5.74, 6) is -0.0743. The lowest BCUT2D eigenvalue weighted by Crippen LogP contribution is -2.57. The largest absolute Gasteiger partial charge is 0.372 e. The fourth-order valence-electron chi connectivity index (χ4n) is 3.28. The van der Waals surface area contributed by atoms with Crippen LogP contribution >= 0.6 is 0 Å². The molecule has 6 nitrogen and oxygen atoms in total. The molecule has 2 N–H and O–H groups in total. The second-order valence-corrected chi connectivity index (χ2v) is 6.12. The fraction of sp³-hybridized carbons (Fsp3) is 0.529. The first-order chi connectivity index (χ1) is 11.2. The number of anilines is 1. The molecule has 2 fully saturated rings. The SMILES string of the molecule is CNC(=O)[C@H]1CN(C(=O)c2cccc(N3CCCC3)c2)CCN1. The molecule has 0 spiro atoms. The van der Waals surface area contributed by atoms with Crippen molar-refractivity contribution in [3.8, 4) is 0 Å². The molecule has 2 heterocycles. The van der Waals surface area contributed by atoms with Crippen LogP contribution in [0.3, 0.4) is 0 Å². The van der Waals surface area contributed by atoms with E-state index in [-0.39, 0.29) is 17.9 Å². The van der Waals surface area contributed by atoms with E-state index in [1.54, 1.807) is 11.9 Å². The predicted octanol–water partition coefficient (Wildman–Crippen LogP) is 0.447. The minimum absolute atomic E-state index is 0.00134. The summed E-state index contributed by atoms with van der Waals surface area (Å²) in [5, 5.41) is 5.78. The number of nitrogens with zero attached hydrogens (tertiary/aromatic N) is 2. The van der Waals surface area contributed by atoms with Crippen LogP contribution in [0.25, 0.3) is 0 Å².